The third kappa shape index (κ3) is 11.9. The molecule has 0 saturated carbocycles. The molecule has 0 atom stereocenters. The van der Waals surface area contributed by atoms with Crippen molar-refractivity contribution in [1.29, 1.82) is 0 Å². The van der Waals surface area contributed by atoms with Crippen LogP contribution in [0.4, 0.5) is 0 Å². The molecule has 1 heterocycles. The van der Waals surface area contributed by atoms with Gasteiger partial charge in [-0.2, -0.15) is 0 Å². The van der Waals surface area contributed by atoms with Crippen molar-refractivity contribution in [2.45, 2.75) is 131 Å². The first-order chi connectivity index (χ1) is 11.9. The van der Waals surface area contributed by atoms with Gasteiger partial charge in [-0.1, -0.05) is 66.7 Å². The SMILES string of the molecule is CCC(C)(C)C.CCCCCCCN(C=O)C1CC(C)(C)NC(C)(C)C1. The summed E-state index contributed by atoms with van der Waals surface area (Å²) in [5.74, 6) is 0. The maximum atomic E-state index is 11.5. The molecule has 1 saturated heterocycles. The molecule has 0 spiro atoms. The van der Waals surface area contributed by atoms with E-state index < -0.39 is 0 Å². The molecule has 3 heteroatoms. The van der Waals surface area contributed by atoms with Crippen LogP contribution < -0.4 is 5.32 Å². The Bertz CT molecular complexity index is 366. The second-order valence-electron chi connectivity index (χ2n) is 10.6. The maximum absolute atomic E-state index is 11.5. The van der Waals surface area contributed by atoms with Gasteiger partial charge < -0.3 is 10.2 Å². The number of nitrogens with one attached hydrogen (secondary N) is 1. The molecule has 0 aliphatic carbocycles. The Hall–Kier alpha value is -0.570. The summed E-state index contributed by atoms with van der Waals surface area (Å²) in [4.78, 5) is 13.5. The van der Waals surface area contributed by atoms with Crippen molar-refractivity contribution in [2.75, 3.05) is 6.54 Å². The predicted octanol–water partition coefficient (Wildman–Crippen LogP) is 6.17. The monoisotopic (exact) mass is 368 g/mol. The zero-order chi connectivity index (χ0) is 20.4. The van der Waals surface area contributed by atoms with Crippen LogP contribution in [0.1, 0.15) is 114 Å². The maximum Gasteiger partial charge on any atom is 0.209 e. The van der Waals surface area contributed by atoms with Crippen molar-refractivity contribution in [1.82, 2.24) is 10.2 Å². The minimum atomic E-state index is 0.107. The number of hydrogen-bond acceptors (Lipinski definition) is 2. The van der Waals surface area contributed by atoms with Crippen molar-refractivity contribution < 1.29 is 4.79 Å². The number of amides is 1. The molecule has 1 amide bonds. The number of carbonyl (C=O) groups is 1. The minimum absolute atomic E-state index is 0.107. The molecule has 0 bridgehead atoms. The fourth-order valence-electron chi connectivity index (χ4n) is 3.72. The van der Waals surface area contributed by atoms with E-state index in [-0.39, 0.29) is 11.1 Å². The standard InChI is InChI=1S/C17H34N2O.C6H14/c1-6-7-8-9-10-11-19(14-20)15-12-16(2,3)18-17(4,5)13-15;1-5-6(2,3)4/h14-15,18H,6-13H2,1-5H3;5H2,1-4H3. The van der Waals surface area contributed by atoms with Gasteiger partial charge in [0.15, 0.2) is 0 Å². The minimum Gasteiger partial charge on any atom is -0.342 e. The summed E-state index contributed by atoms with van der Waals surface area (Å²) >= 11 is 0. The number of unbranched alkanes of at least 4 members (excludes halogenated alkanes) is 4. The van der Waals surface area contributed by atoms with Crippen LogP contribution in [0.3, 0.4) is 0 Å². The average molecular weight is 369 g/mol. The third-order valence-corrected chi connectivity index (χ3v) is 5.35. The Morgan fingerprint density at radius 1 is 0.962 bits per heavy atom. The molecule has 1 fully saturated rings. The molecule has 0 unspecified atom stereocenters. The molecule has 1 N–H and O–H groups in total. The highest BCUT2D eigenvalue weighted by Crippen LogP contribution is 2.31. The summed E-state index contributed by atoms with van der Waals surface area (Å²) in [7, 11) is 0. The van der Waals surface area contributed by atoms with Gasteiger partial charge in [-0.3, -0.25) is 4.79 Å². The van der Waals surface area contributed by atoms with Crippen LogP contribution >= 0.6 is 0 Å². The van der Waals surface area contributed by atoms with Crippen LogP contribution in [0.2, 0.25) is 0 Å². The van der Waals surface area contributed by atoms with Gasteiger partial charge in [-0.05, 0) is 52.4 Å². The van der Waals surface area contributed by atoms with Crippen LogP contribution in [0.5, 0.6) is 0 Å². The Kier molecular flexibility index (Phi) is 11.1. The van der Waals surface area contributed by atoms with Crippen molar-refractivity contribution in [3.05, 3.63) is 0 Å². The van der Waals surface area contributed by atoms with Gasteiger partial charge in [0.2, 0.25) is 6.41 Å². The molecule has 0 aromatic rings. The van der Waals surface area contributed by atoms with Crippen LogP contribution in [0, 0.1) is 5.41 Å². The van der Waals surface area contributed by atoms with Crippen molar-refractivity contribution in [2.24, 2.45) is 5.41 Å². The van der Waals surface area contributed by atoms with E-state index >= 15 is 0 Å². The van der Waals surface area contributed by atoms with Crippen LogP contribution in [0.25, 0.3) is 0 Å². The number of hydrogen-bond donors (Lipinski definition) is 1. The molecule has 1 aliphatic heterocycles. The molecule has 3 nitrogen and oxygen atoms in total. The van der Waals surface area contributed by atoms with Gasteiger partial charge in [0, 0.05) is 23.7 Å². The molecule has 26 heavy (non-hydrogen) atoms. The van der Waals surface area contributed by atoms with E-state index in [9.17, 15) is 4.79 Å². The van der Waals surface area contributed by atoms with Crippen molar-refractivity contribution >= 4 is 6.41 Å². The molecule has 156 valence electrons. The summed E-state index contributed by atoms with van der Waals surface area (Å²) in [5.41, 5.74) is 0.756. The van der Waals surface area contributed by atoms with Crippen molar-refractivity contribution in [3.8, 4) is 0 Å². The summed E-state index contributed by atoms with van der Waals surface area (Å²) in [6.45, 7) is 21.1. The molecule has 1 aliphatic rings. The molecule has 0 aromatic heterocycles. The Morgan fingerprint density at radius 2 is 1.42 bits per heavy atom. The normalized spacial score (nSPS) is 19.4. The first-order valence-corrected chi connectivity index (χ1v) is 10.9. The van der Waals surface area contributed by atoms with E-state index in [0.29, 0.717) is 11.5 Å². The lowest BCUT2D eigenvalue weighted by molar-refractivity contribution is -0.122. The number of nitrogens with zero attached hydrogens (tertiary/aromatic N) is 1. The van der Waals surface area contributed by atoms with Gasteiger partial charge in [0.05, 0.1) is 0 Å². The molecule has 1 rings (SSSR count). The van der Waals surface area contributed by atoms with Crippen LogP contribution in [0.15, 0.2) is 0 Å². The average Bonchev–Trinajstić information content (AvgIpc) is 2.47. The van der Waals surface area contributed by atoms with Crippen molar-refractivity contribution in [3.63, 3.8) is 0 Å². The lowest BCUT2D eigenvalue weighted by atomic mass is 9.79. The first kappa shape index (κ1) is 25.4. The number of carbonyl (C=O) groups excluding carboxylic acids is 1. The number of piperidine rings is 1. The van der Waals surface area contributed by atoms with Gasteiger partial charge in [-0.25, -0.2) is 0 Å². The summed E-state index contributed by atoms with van der Waals surface area (Å²) in [5, 5.41) is 3.68. The topological polar surface area (TPSA) is 32.3 Å². The lowest BCUT2D eigenvalue weighted by Crippen LogP contribution is -2.62. The van der Waals surface area contributed by atoms with E-state index in [2.05, 4.69) is 72.5 Å². The van der Waals surface area contributed by atoms with E-state index in [4.69, 9.17) is 0 Å². The lowest BCUT2D eigenvalue weighted by Gasteiger charge is -2.49. The Labute approximate surface area is 164 Å². The highest BCUT2D eigenvalue weighted by molar-refractivity contribution is 5.48. The molecule has 0 aromatic carbocycles. The van der Waals surface area contributed by atoms with E-state index in [1.165, 1.54) is 32.1 Å². The van der Waals surface area contributed by atoms with E-state index in [1.807, 2.05) is 0 Å². The highest BCUT2D eigenvalue weighted by Gasteiger charge is 2.39. The van der Waals surface area contributed by atoms with E-state index in [1.54, 1.807) is 0 Å². The zero-order valence-corrected chi connectivity index (χ0v) is 19.4. The predicted molar refractivity (Wildman–Crippen MR) is 116 cm³/mol. The molecular formula is C23H48N2O. The quantitative estimate of drug-likeness (QED) is 0.410. The Balaban J connectivity index is 0.000000896. The smallest absolute Gasteiger partial charge is 0.209 e. The van der Waals surface area contributed by atoms with Crippen LogP contribution in [-0.4, -0.2) is 35.0 Å². The summed E-state index contributed by atoms with van der Waals surface area (Å²) in [6.07, 6.45) is 10.7. The highest BCUT2D eigenvalue weighted by atomic mass is 16.1. The second-order valence-corrected chi connectivity index (χ2v) is 10.6. The molecular weight excluding hydrogens is 320 g/mol. The molecule has 0 radical (unpaired) electrons. The summed E-state index contributed by atoms with van der Waals surface area (Å²) < 4.78 is 0. The van der Waals surface area contributed by atoms with Gasteiger partial charge in [0.1, 0.15) is 0 Å². The van der Waals surface area contributed by atoms with Gasteiger partial charge in [-0.15, -0.1) is 0 Å². The largest absolute Gasteiger partial charge is 0.342 e. The third-order valence-electron chi connectivity index (χ3n) is 5.35. The first-order valence-electron chi connectivity index (χ1n) is 10.9. The zero-order valence-electron chi connectivity index (χ0n) is 19.4. The van der Waals surface area contributed by atoms with Gasteiger partial charge >= 0.3 is 0 Å². The van der Waals surface area contributed by atoms with Crippen LogP contribution in [-0.2, 0) is 4.79 Å². The second kappa shape index (κ2) is 11.3. The fourth-order valence-corrected chi connectivity index (χ4v) is 3.72. The fraction of sp³-hybridized carbons (Fsp3) is 0.957. The van der Waals surface area contributed by atoms with E-state index in [0.717, 1.165) is 32.2 Å². The Morgan fingerprint density at radius 3 is 1.81 bits per heavy atom. The number of rotatable bonds is 8. The summed E-state index contributed by atoms with van der Waals surface area (Å²) in [6, 6.07) is 0.380. The van der Waals surface area contributed by atoms with Gasteiger partial charge in [0.25, 0.3) is 0 Å².